The van der Waals surface area contributed by atoms with E-state index in [1.807, 2.05) is 0 Å². The molecule has 5 heteroatoms. The van der Waals surface area contributed by atoms with Gasteiger partial charge in [-0.1, -0.05) is 27.7 Å². The molecule has 1 rings (SSSR count). The highest BCUT2D eigenvalue weighted by Gasteiger charge is 2.17. The van der Waals surface area contributed by atoms with Gasteiger partial charge in [0, 0.05) is 16.8 Å². The highest BCUT2D eigenvalue weighted by molar-refractivity contribution is 7.09. The third-order valence-electron chi connectivity index (χ3n) is 2.71. The first-order valence-electron chi connectivity index (χ1n) is 6.34. The molecule has 0 amide bonds. The third-order valence-corrected chi connectivity index (χ3v) is 3.55. The molecule has 4 nitrogen and oxygen atoms in total. The molecule has 0 saturated carbocycles. The molecule has 0 bridgehead atoms. The molecule has 1 aromatic rings. The number of aromatic nitrogens is 1. The minimum absolute atomic E-state index is 0.0962. The lowest BCUT2D eigenvalue weighted by atomic mass is 9.93. The first-order valence-corrected chi connectivity index (χ1v) is 7.22. The van der Waals surface area contributed by atoms with Crippen LogP contribution in [0.25, 0.3) is 0 Å². The van der Waals surface area contributed by atoms with Crippen molar-refractivity contribution in [1.82, 2.24) is 10.3 Å². The van der Waals surface area contributed by atoms with E-state index in [2.05, 4.69) is 55.3 Å². The SMILES string of the molecule is CCC(C)NC(N)=NCc1nc(C(C)(C)C)cs1. The van der Waals surface area contributed by atoms with Crippen molar-refractivity contribution in [3.8, 4) is 0 Å². The van der Waals surface area contributed by atoms with Crippen LogP contribution in [0.1, 0.15) is 51.7 Å². The number of thiazole rings is 1. The minimum Gasteiger partial charge on any atom is -0.370 e. The zero-order valence-corrected chi connectivity index (χ0v) is 12.8. The van der Waals surface area contributed by atoms with Gasteiger partial charge in [0.05, 0.1) is 12.2 Å². The molecule has 0 saturated heterocycles. The van der Waals surface area contributed by atoms with Gasteiger partial charge >= 0.3 is 0 Å². The molecule has 0 fully saturated rings. The fourth-order valence-electron chi connectivity index (χ4n) is 1.28. The summed E-state index contributed by atoms with van der Waals surface area (Å²) in [6.45, 7) is 11.2. The van der Waals surface area contributed by atoms with Crippen molar-refractivity contribution in [3.63, 3.8) is 0 Å². The highest BCUT2D eigenvalue weighted by atomic mass is 32.1. The standard InChI is InChI=1S/C13H24N4S/c1-6-9(2)16-12(14)15-7-11-17-10(8-18-11)13(3,4)5/h8-9H,6-7H2,1-5H3,(H3,14,15,16). The van der Waals surface area contributed by atoms with Crippen LogP contribution in [0.5, 0.6) is 0 Å². The van der Waals surface area contributed by atoms with E-state index in [1.54, 1.807) is 11.3 Å². The first kappa shape index (κ1) is 15.0. The Bertz CT molecular complexity index is 403. The lowest BCUT2D eigenvalue weighted by molar-refractivity contribution is 0.571. The highest BCUT2D eigenvalue weighted by Crippen LogP contribution is 2.24. The lowest BCUT2D eigenvalue weighted by Gasteiger charge is -2.14. The number of nitrogens with two attached hydrogens (primary N) is 1. The van der Waals surface area contributed by atoms with Gasteiger partial charge in [-0.15, -0.1) is 11.3 Å². The number of hydrogen-bond donors (Lipinski definition) is 2. The maximum atomic E-state index is 5.81. The van der Waals surface area contributed by atoms with Gasteiger partial charge < -0.3 is 11.1 Å². The maximum absolute atomic E-state index is 5.81. The van der Waals surface area contributed by atoms with E-state index in [1.165, 1.54) is 0 Å². The number of nitrogens with zero attached hydrogens (tertiary/aromatic N) is 2. The summed E-state index contributed by atoms with van der Waals surface area (Å²) < 4.78 is 0. The predicted octanol–water partition coefficient (Wildman–Crippen LogP) is 2.64. The molecule has 1 unspecified atom stereocenters. The van der Waals surface area contributed by atoms with Gasteiger partial charge in [-0.25, -0.2) is 9.98 Å². The maximum Gasteiger partial charge on any atom is 0.189 e. The van der Waals surface area contributed by atoms with E-state index in [-0.39, 0.29) is 5.41 Å². The number of guanidine groups is 1. The second kappa shape index (κ2) is 6.18. The number of hydrogen-bond acceptors (Lipinski definition) is 3. The van der Waals surface area contributed by atoms with E-state index < -0.39 is 0 Å². The minimum atomic E-state index is 0.0962. The molecule has 0 aliphatic carbocycles. The topological polar surface area (TPSA) is 63.3 Å². The van der Waals surface area contributed by atoms with Crippen LogP contribution in [0.2, 0.25) is 0 Å². The molecule has 3 N–H and O–H groups in total. The van der Waals surface area contributed by atoms with E-state index >= 15 is 0 Å². The summed E-state index contributed by atoms with van der Waals surface area (Å²) in [5, 5.41) is 6.25. The second-order valence-electron chi connectivity index (χ2n) is 5.53. The Morgan fingerprint density at radius 1 is 1.56 bits per heavy atom. The van der Waals surface area contributed by atoms with Crippen LogP contribution < -0.4 is 11.1 Å². The summed E-state index contributed by atoms with van der Waals surface area (Å²) in [6.07, 6.45) is 1.03. The Morgan fingerprint density at radius 2 is 2.22 bits per heavy atom. The summed E-state index contributed by atoms with van der Waals surface area (Å²) >= 11 is 1.64. The van der Waals surface area contributed by atoms with Crippen LogP contribution in [0, 0.1) is 0 Å². The summed E-state index contributed by atoms with van der Waals surface area (Å²) in [5.41, 5.74) is 7.02. The molecular weight excluding hydrogens is 244 g/mol. The van der Waals surface area contributed by atoms with Crippen molar-refractivity contribution in [2.45, 2.75) is 59.0 Å². The van der Waals surface area contributed by atoms with Gasteiger partial charge in [-0.2, -0.15) is 0 Å². The van der Waals surface area contributed by atoms with Gasteiger partial charge in [0.2, 0.25) is 0 Å². The third kappa shape index (κ3) is 4.64. The van der Waals surface area contributed by atoms with Gasteiger partial charge in [0.25, 0.3) is 0 Å². The quantitative estimate of drug-likeness (QED) is 0.652. The molecule has 1 aromatic heterocycles. The molecule has 1 heterocycles. The summed E-state index contributed by atoms with van der Waals surface area (Å²) in [4.78, 5) is 8.89. The zero-order valence-electron chi connectivity index (χ0n) is 11.9. The molecule has 0 radical (unpaired) electrons. The van der Waals surface area contributed by atoms with Crippen molar-refractivity contribution in [3.05, 3.63) is 16.1 Å². The number of aliphatic imine (C=N–C) groups is 1. The smallest absolute Gasteiger partial charge is 0.189 e. The van der Waals surface area contributed by atoms with Crippen LogP contribution in [0.3, 0.4) is 0 Å². The molecule has 0 aromatic carbocycles. The van der Waals surface area contributed by atoms with Gasteiger partial charge in [-0.05, 0) is 13.3 Å². The van der Waals surface area contributed by atoms with Crippen molar-refractivity contribution >= 4 is 17.3 Å². The zero-order chi connectivity index (χ0) is 13.8. The molecule has 0 spiro atoms. The molecule has 1 atom stereocenters. The molecule has 102 valence electrons. The fraction of sp³-hybridized carbons (Fsp3) is 0.692. The Kier molecular flexibility index (Phi) is 5.14. The molecular formula is C13H24N4S. The Hall–Kier alpha value is -1.10. The summed E-state index contributed by atoms with van der Waals surface area (Å²) in [7, 11) is 0. The predicted molar refractivity (Wildman–Crippen MR) is 79.0 cm³/mol. The van der Waals surface area contributed by atoms with Gasteiger partial charge in [0.15, 0.2) is 5.96 Å². The fourth-order valence-corrected chi connectivity index (χ4v) is 2.23. The van der Waals surface area contributed by atoms with E-state index in [9.17, 15) is 0 Å². The summed E-state index contributed by atoms with van der Waals surface area (Å²) in [6, 6.07) is 0.357. The van der Waals surface area contributed by atoms with E-state index in [4.69, 9.17) is 5.73 Å². The lowest BCUT2D eigenvalue weighted by Crippen LogP contribution is -2.38. The number of nitrogens with one attached hydrogen (secondary N) is 1. The van der Waals surface area contributed by atoms with Crippen molar-refractivity contribution in [2.75, 3.05) is 0 Å². The van der Waals surface area contributed by atoms with E-state index in [0.29, 0.717) is 18.5 Å². The van der Waals surface area contributed by atoms with Crippen LogP contribution in [0.4, 0.5) is 0 Å². The van der Waals surface area contributed by atoms with Gasteiger partial charge in [0.1, 0.15) is 5.01 Å². The molecule has 0 aliphatic rings. The summed E-state index contributed by atoms with van der Waals surface area (Å²) in [5.74, 6) is 0.497. The van der Waals surface area contributed by atoms with Gasteiger partial charge in [-0.3, -0.25) is 0 Å². The number of rotatable bonds is 4. The largest absolute Gasteiger partial charge is 0.370 e. The monoisotopic (exact) mass is 268 g/mol. The Labute approximate surface area is 114 Å². The first-order chi connectivity index (χ1) is 8.32. The Balaban J connectivity index is 2.58. The normalized spacial score (nSPS) is 14.6. The molecule has 18 heavy (non-hydrogen) atoms. The Morgan fingerprint density at radius 3 is 2.72 bits per heavy atom. The van der Waals surface area contributed by atoms with Crippen LogP contribution >= 0.6 is 11.3 Å². The van der Waals surface area contributed by atoms with Crippen molar-refractivity contribution in [2.24, 2.45) is 10.7 Å². The van der Waals surface area contributed by atoms with Crippen molar-refractivity contribution in [1.29, 1.82) is 0 Å². The van der Waals surface area contributed by atoms with E-state index in [0.717, 1.165) is 17.1 Å². The average molecular weight is 268 g/mol. The second-order valence-corrected chi connectivity index (χ2v) is 6.47. The van der Waals surface area contributed by atoms with Crippen molar-refractivity contribution < 1.29 is 0 Å². The van der Waals surface area contributed by atoms with Crippen LogP contribution in [-0.4, -0.2) is 17.0 Å². The molecule has 0 aliphatic heterocycles. The van der Waals surface area contributed by atoms with Crippen LogP contribution in [-0.2, 0) is 12.0 Å². The van der Waals surface area contributed by atoms with Crippen LogP contribution in [0.15, 0.2) is 10.4 Å². The average Bonchev–Trinajstić information content (AvgIpc) is 2.74.